The highest BCUT2D eigenvalue weighted by molar-refractivity contribution is 7.91. The fourth-order valence-corrected chi connectivity index (χ4v) is 5.80. The Labute approximate surface area is 172 Å². The van der Waals surface area contributed by atoms with Gasteiger partial charge in [0.05, 0.1) is 41.2 Å². The molecule has 1 atom stereocenters. The van der Waals surface area contributed by atoms with Crippen LogP contribution in [-0.2, 0) is 9.84 Å². The molecule has 0 bridgehead atoms. The van der Waals surface area contributed by atoms with Crippen LogP contribution in [0.4, 0.5) is 0 Å². The van der Waals surface area contributed by atoms with Crippen LogP contribution in [0.5, 0.6) is 5.75 Å². The summed E-state index contributed by atoms with van der Waals surface area (Å²) < 4.78 is 30.9. The predicted molar refractivity (Wildman–Crippen MR) is 108 cm³/mol. The third-order valence-corrected chi connectivity index (χ3v) is 7.44. The molecule has 0 N–H and O–H groups in total. The fourth-order valence-electron chi connectivity index (χ4n) is 4.10. The summed E-state index contributed by atoms with van der Waals surface area (Å²) in [6.45, 7) is 0. The average Bonchev–Trinajstić information content (AvgIpc) is 3.37. The van der Waals surface area contributed by atoms with E-state index in [4.69, 9.17) is 9.84 Å². The van der Waals surface area contributed by atoms with E-state index in [9.17, 15) is 18.0 Å². The van der Waals surface area contributed by atoms with Crippen LogP contribution < -0.4 is 4.74 Å². The molecule has 3 aromatic rings. The van der Waals surface area contributed by atoms with Gasteiger partial charge in [0.25, 0.3) is 11.8 Å². The van der Waals surface area contributed by atoms with Crippen molar-refractivity contribution in [2.45, 2.75) is 12.5 Å². The molecule has 2 aliphatic heterocycles. The van der Waals surface area contributed by atoms with E-state index in [1.807, 2.05) is 0 Å². The fraction of sp³-hybridized carbons (Fsp3) is 0.300. The normalized spacial score (nSPS) is 20.2. The van der Waals surface area contributed by atoms with Crippen molar-refractivity contribution < 1.29 is 22.7 Å². The van der Waals surface area contributed by atoms with E-state index in [1.165, 1.54) is 13.2 Å². The van der Waals surface area contributed by atoms with Crippen LogP contribution >= 0.6 is 0 Å². The number of carbonyl (C=O) groups is 2. The highest BCUT2D eigenvalue weighted by Crippen LogP contribution is 2.38. The van der Waals surface area contributed by atoms with Crippen LogP contribution in [0, 0.1) is 0 Å². The maximum Gasteiger partial charge on any atom is 0.262 e. The van der Waals surface area contributed by atoms with Crippen molar-refractivity contribution in [1.82, 2.24) is 19.7 Å². The van der Waals surface area contributed by atoms with Gasteiger partial charge in [0, 0.05) is 18.8 Å². The lowest BCUT2D eigenvalue weighted by Crippen LogP contribution is -2.24. The second-order valence-electron chi connectivity index (χ2n) is 7.49. The zero-order chi connectivity index (χ0) is 21.2. The number of carbonyl (C=O) groups excluding carboxylic acids is 2. The first-order chi connectivity index (χ1) is 14.3. The maximum atomic E-state index is 12.9. The van der Waals surface area contributed by atoms with Crippen molar-refractivity contribution in [2.24, 2.45) is 0 Å². The van der Waals surface area contributed by atoms with Gasteiger partial charge in [-0.1, -0.05) is 0 Å². The van der Waals surface area contributed by atoms with Crippen LogP contribution in [0.25, 0.3) is 22.3 Å². The molecule has 1 saturated heterocycles. The molecule has 0 spiro atoms. The van der Waals surface area contributed by atoms with Gasteiger partial charge in [0.1, 0.15) is 11.4 Å². The molecule has 30 heavy (non-hydrogen) atoms. The summed E-state index contributed by atoms with van der Waals surface area (Å²) in [5, 5.41) is 5.15. The monoisotopic (exact) mass is 426 g/mol. The molecule has 1 fully saturated rings. The highest BCUT2D eigenvalue weighted by Gasteiger charge is 2.39. The number of hydrogen-bond acceptors (Lipinski definition) is 7. The summed E-state index contributed by atoms with van der Waals surface area (Å²) in [6.07, 6.45) is 1.80. The maximum absolute atomic E-state index is 12.9. The van der Waals surface area contributed by atoms with E-state index in [0.717, 1.165) is 4.90 Å². The molecule has 4 heterocycles. The van der Waals surface area contributed by atoms with Crippen molar-refractivity contribution in [3.05, 3.63) is 41.6 Å². The van der Waals surface area contributed by atoms with Gasteiger partial charge in [-0.15, -0.1) is 0 Å². The quantitative estimate of drug-likeness (QED) is 0.586. The number of imide groups is 1. The number of aromatic nitrogens is 3. The lowest BCUT2D eigenvalue weighted by Gasteiger charge is -2.09. The number of methoxy groups -OCH3 is 1. The molecule has 2 aliphatic rings. The smallest absolute Gasteiger partial charge is 0.262 e. The summed E-state index contributed by atoms with van der Waals surface area (Å²) in [6, 6.07) is 6.78. The first-order valence-electron chi connectivity index (χ1n) is 9.39. The lowest BCUT2D eigenvalue weighted by molar-refractivity contribution is 0.0693. The minimum absolute atomic E-state index is 0.0304. The third-order valence-electron chi connectivity index (χ3n) is 5.69. The molecule has 10 heteroatoms. The van der Waals surface area contributed by atoms with Crippen LogP contribution in [0.15, 0.2) is 30.5 Å². The Hall–Kier alpha value is -3.27. The number of pyridine rings is 1. The Morgan fingerprint density at radius 1 is 1.13 bits per heavy atom. The van der Waals surface area contributed by atoms with E-state index >= 15 is 0 Å². The number of sulfone groups is 1. The molecule has 9 nitrogen and oxygen atoms in total. The second kappa shape index (κ2) is 6.36. The molecule has 1 aromatic carbocycles. The Balaban J connectivity index is 1.80. The van der Waals surface area contributed by atoms with E-state index in [-0.39, 0.29) is 28.7 Å². The molecule has 2 aromatic heterocycles. The van der Waals surface area contributed by atoms with E-state index in [1.54, 1.807) is 36.1 Å². The Kier molecular flexibility index (Phi) is 3.97. The van der Waals surface area contributed by atoms with Gasteiger partial charge in [-0.25, -0.2) is 18.1 Å². The predicted octanol–water partition coefficient (Wildman–Crippen LogP) is 1.69. The van der Waals surface area contributed by atoms with E-state index in [2.05, 4.69) is 4.98 Å². The second-order valence-corrected chi connectivity index (χ2v) is 9.72. The van der Waals surface area contributed by atoms with Crippen LogP contribution in [0.1, 0.15) is 33.2 Å². The lowest BCUT2D eigenvalue weighted by atomic mass is 10.0. The first-order valence-corrected chi connectivity index (χ1v) is 11.2. The number of fused-ring (bicyclic) bond motifs is 3. The summed E-state index contributed by atoms with van der Waals surface area (Å²) in [7, 11) is -0.157. The van der Waals surface area contributed by atoms with Crippen molar-refractivity contribution in [3.63, 3.8) is 0 Å². The number of benzene rings is 1. The first kappa shape index (κ1) is 18.7. The summed E-state index contributed by atoms with van der Waals surface area (Å²) >= 11 is 0. The molecule has 1 unspecified atom stereocenters. The average molecular weight is 426 g/mol. The van der Waals surface area contributed by atoms with Gasteiger partial charge < -0.3 is 4.74 Å². The van der Waals surface area contributed by atoms with Crippen molar-refractivity contribution >= 4 is 32.7 Å². The topological polar surface area (TPSA) is 111 Å². The number of hydrogen-bond donors (Lipinski definition) is 0. The number of nitrogens with zero attached hydrogens (tertiary/aromatic N) is 4. The van der Waals surface area contributed by atoms with E-state index < -0.39 is 21.7 Å². The Morgan fingerprint density at radius 2 is 1.87 bits per heavy atom. The molecule has 0 aliphatic carbocycles. The van der Waals surface area contributed by atoms with Crippen LogP contribution in [0.2, 0.25) is 0 Å². The largest absolute Gasteiger partial charge is 0.497 e. The van der Waals surface area contributed by atoms with Crippen molar-refractivity contribution in [3.8, 4) is 17.0 Å². The molecule has 5 rings (SSSR count). The molecule has 0 radical (unpaired) electrons. The van der Waals surface area contributed by atoms with Crippen molar-refractivity contribution in [1.29, 1.82) is 0 Å². The number of ether oxygens (including phenoxy) is 1. The molecule has 0 saturated carbocycles. The standard InChI is InChI=1S/C20H18N4O5S/c1-23-19(25)14-9-21-18-16(15(14)20(23)26)17(11-3-5-13(29-2)6-4-11)22-24(18)12-7-8-30(27,28)10-12/h3-6,9,12H,7-8,10H2,1-2H3. The van der Waals surface area contributed by atoms with Gasteiger partial charge in [-0.2, -0.15) is 5.10 Å². The van der Waals surface area contributed by atoms with Gasteiger partial charge in [0.15, 0.2) is 15.5 Å². The molecule has 154 valence electrons. The Bertz CT molecular complexity index is 1330. The summed E-state index contributed by atoms with van der Waals surface area (Å²) in [5.74, 6) is -0.116. The zero-order valence-corrected chi connectivity index (χ0v) is 17.1. The van der Waals surface area contributed by atoms with Gasteiger partial charge >= 0.3 is 0 Å². The van der Waals surface area contributed by atoms with Gasteiger partial charge in [-0.05, 0) is 30.7 Å². The molecule has 2 amide bonds. The highest BCUT2D eigenvalue weighted by atomic mass is 32.2. The van der Waals surface area contributed by atoms with Crippen LogP contribution in [0.3, 0.4) is 0 Å². The van der Waals surface area contributed by atoms with Gasteiger partial charge in [0.2, 0.25) is 0 Å². The minimum Gasteiger partial charge on any atom is -0.497 e. The molecular weight excluding hydrogens is 408 g/mol. The summed E-state index contributed by atoms with van der Waals surface area (Å²) in [4.78, 5) is 30.8. The van der Waals surface area contributed by atoms with E-state index in [0.29, 0.717) is 34.5 Å². The summed E-state index contributed by atoms with van der Waals surface area (Å²) in [5.41, 5.74) is 2.08. The zero-order valence-electron chi connectivity index (χ0n) is 16.3. The van der Waals surface area contributed by atoms with Gasteiger partial charge in [-0.3, -0.25) is 14.5 Å². The van der Waals surface area contributed by atoms with Crippen LogP contribution in [-0.4, -0.2) is 65.6 Å². The number of rotatable bonds is 3. The Morgan fingerprint density at radius 3 is 2.50 bits per heavy atom. The minimum atomic E-state index is -3.15. The molecular formula is C20H18N4O5S. The SMILES string of the molecule is COc1ccc(-c2nn(C3CCS(=O)(=O)C3)c3ncc4c(c23)C(=O)N(C)C4=O)cc1. The third kappa shape index (κ3) is 2.63. The number of amides is 2. The van der Waals surface area contributed by atoms with Crippen molar-refractivity contribution in [2.75, 3.05) is 25.7 Å².